The minimum atomic E-state index is -1.02. The lowest BCUT2D eigenvalue weighted by molar-refractivity contribution is -0.133. The van der Waals surface area contributed by atoms with E-state index in [0.717, 1.165) is 23.7 Å². The molecule has 0 aliphatic carbocycles. The van der Waals surface area contributed by atoms with Crippen LogP contribution in [0.25, 0.3) is 10.9 Å². The van der Waals surface area contributed by atoms with Crippen LogP contribution in [0, 0.1) is 11.8 Å². The largest absolute Gasteiger partial charge is 0.354 e. The number of benzene rings is 1. The summed E-state index contributed by atoms with van der Waals surface area (Å²) in [6, 6.07) is 7.62. The number of carbonyl (C=O) groups excluding carboxylic acids is 3. The Morgan fingerprint density at radius 2 is 1.75 bits per heavy atom. The third-order valence-corrected chi connectivity index (χ3v) is 6.21. The molecule has 174 valence electrons. The zero-order chi connectivity index (χ0) is 23.6. The number of fused-ring (bicyclic) bond motifs is 3. The van der Waals surface area contributed by atoms with Gasteiger partial charge in [0.15, 0.2) is 0 Å². The molecule has 0 saturated heterocycles. The summed E-state index contributed by atoms with van der Waals surface area (Å²) in [5, 5.41) is 6.74. The van der Waals surface area contributed by atoms with Gasteiger partial charge in [0.1, 0.15) is 11.2 Å². The monoisotopic (exact) mass is 440 g/mol. The number of para-hydroxylation sites is 1. The Morgan fingerprint density at radius 1 is 1.09 bits per heavy atom. The number of rotatable bonds is 8. The predicted molar refractivity (Wildman–Crippen MR) is 128 cm³/mol. The minimum Gasteiger partial charge on any atom is -0.354 e. The van der Waals surface area contributed by atoms with Gasteiger partial charge in [-0.2, -0.15) is 0 Å². The number of hydrogen-bond acceptors (Lipinski definition) is 3. The quantitative estimate of drug-likeness (QED) is 0.650. The normalized spacial score (nSPS) is 18.4. The Labute approximate surface area is 190 Å². The average Bonchev–Trinajstić information content (AvgIpc) is 3.00. The SMILES string of the molecule is CC(=O)Nc1c2n(c3ccccc13)C[C@](C)(C(=O)NCCC(C)C)N(CCC(C)C)C2=O. The Bertz CT molecular complexity index is 1020. The molecule has 2 heterocycles. The molecule has 1 aromatic heterocycles. The Morgan fingerprint density at radius 3 is 2.38 bits per heavy atom. The fraction of sp³-hybridized carbons (Fsp3) is 0.560. The number of anilines is 1. The summed E-state index contributed by atoms with van der Waals surface area (Å²) in [6.45, 7) is 13.1. The lowest BCUT2D eigenvalue weighted by atomic mass is 9.93. The molecule has 32 heavy (non-hydrogen) atoms. The molecular formula is C25H36N4O3. The fourth-order valence-corrected chi connectivity index (χ4v) is 4.33. The molecule has 0 fully saturated rings. The Kier molecular flexibility index (Phi) is 6.96. The highest BCUT2D eigenvalue weighted by atomic mass is 16.2. The molecule has 3 amide bonds. The summed E-state index contributed by atoms with van der Waals surface area (Å²) in [6.07, 6.45) is 1.67. The van der Waals surface area contributed by atoms with Crippen molar-refractivity contribution < 1.29 is 14.4 Å². The van der Waals surface area contributed by atoms with Gasteiger partial charge in [-0.15, -0.1) is 0 Å². The smallest absolute Gasteiger partial charge is 0.273 e. The number of nitrogens with zero attached hydrogens (tertiary/aromatic N) is 2. The van der Waals surface area contributed by atoms with Crippen molar-refractivity contribution >= 4 is 34.3 Å². The van der Waals surface area contributed by atoms with Crippen LogP contribution in [-0.4, -0.2) is 45.8 Å². The molecule has 0 bridgehead atoms. The summed E-state index contributed by atoms with van der Waals surface area (Å²) in [4.78, 5) is 41.0. The predicted octanol–water partition coefficient (Wildman–Crippen LogP) is 4.02. The number of hydrogen-bond donors (Lipinski definition) is 2. The van der Waals surface area contributed by atoms with E-state index in [9.17, 15) is 14.4 Å². The maximum atomic E-state index is 13.9. The zero-order valence-corrected chi connectivity index (χ0v) is 20.1. The van der Waals surface area contributed by atoms with Crippen molar-refractivity contribution in [3.63, 3.8) is 0 Å². The van der Waals surface area contributed by atoms with Crippen LogP contribution in [0.5, 0.6) is 0 Å². The molecule has 1 aromatic carbocycles. The highest BCUT2D eigenvalue weighted by molar-refractivity contribution is 6.14. The third kappa shape index (κ3) is 4.52. The van der Waals surface area contributed by atoms with Gasteiger partial charge >= 0.3 is 0 Å². The van der Waals surface area contributed by atoms with Crippen molar-refractivity contribution in [2.24, 2.45) is 11.8 Å². The van der Waals surface area contributed by atoms with Crippen LogP contribution in [0.4, 0.5) is 5.69 Å². The molecule has 1 atom stereocenters. The number of carbonyl (C=O) groups is 3. The van der Waals surface area contributed by atoms with E-state index in [1.165, 1.54) is 6.92 Å². The first-order chi connectivity index (χ1) is 15.1. The fourth-order valence-electron chi connectivity index (χ4n) is 4.33. The summed E-state index contributed by atoms with van der Waals surface area (Å²) in [5.74, 6) is 0.274. The van der Waals surface area contributed by atoms with Gasteiger partial charge in [0.05, 0.1) is 17.7 Å². The van der Waals surface area contributed by atoms with Crippen molar-refractivity contribution in [1.29, 1.82) is 0 Å². The molecule has 0 radical (unpaired) electrons. The molecule has 0 spiro atoms. The first-order valence-electron chi connectivity index (χ1n) is 11.5. The van der Waals surface area contributed by atoms with Gasteiger partial charge in [-0.05, 0) is 37.7 Å². The lowest BCUT2D eigenvalue weighted by Gasteiger charge is -2.44. The van der Waals surface area contributed by atoms with E-state index in [0.29, 0.717) is 42.9 Å². The molecule has 3 rings (SSSR count). The van der Waals surface area contributed by atoms with E-state index >= 15 is 0 Å². The van der Waals surface area contributed by atoms with Crippen molar-refractivity contribution in [2.45, 2.75) is 66.5 Å². The van der Waals surface area contributed by atoms with Crippen LogP contribution >= 0.6 is 0 Å². The second-order valence-electron chi connectivity index (χ2n) is 9.86. The van der Waals surface area contributed by atoms with E-state index in [-0.39, 0.29) is 17.7 Å². The van der Waals surface area contributed by atoms with E-state index in [1.807, 2.05) is 35.8 Å². The van der Waals surface area contributed by atoms with Crippen LogP contribution in [-0.2, 0) is 16.1 Å². The summed E-state index contributed by atoms with van der Waals surface area (Å²) >= 11 is 0. The lowest BCUT2D eigenvalue weighted by Crippen LogP contribution is -2.64. The summed E-state index contributed by atoms with van der Waals surface area (Å²) in [7, 11) is 0. The van der Waals surface area contributed by atoms with Gasteiger partial charge in [0.2, 0.25) is 11.8 Å². The molecular weight excluding hydrogens is 404 g/mol. The molecule has 2 aromatic rings. The minimum absolute atomic E-state index is 0.139. The van der Waals surface area contributed by atoms with E-state index < -0.39 is 5.54 Å². The van der Waals surface area contributed by atoms with E-state index in [2.05, 4.69) is 38.3 Å². The standard InChI is InChI=1S/C25H36N4O3/c1-16(2)11-13-26-24(32)25(6)15-28-20-10-8-7-9-19(20)21(27-18(5)30)22(28)23(31)29(25)14-12-17(3)4/h7-10,16-17H,11-15H2,1-6H3,(H,26,32)(H,27,30)/t25-/m1/s1. The van der Waals surface area contributed by atoms with Crippen molar-refractivity contribution in [1.82, 2.24) is 14.8 Å². The van der Waals surface area contributed by atoms with Gasteiger partial charge in [-0.1, -0.05) is 45.9 Å². The first kappa shape index (κ1) is 23.8. The number of nitrogens with one attached hydrogen (secondary N) is 2. The molecule has 2 N–H and O–H groups in total. The Hall–Kier alpha value is -2.83. The molecule has 1 aliphatic heterocycles. The molecule has 7 nitrogen and oxygen atoms in total. The summed E-state index contributed by atoms with van der Waals surface area (Å²) in [5.41, 5.74) is 0.780. The first-order valence-corrected chi connectivity index (χ1v) is 11.5. The van der Waals surface area contributed by atoms with Crippen LogP contribution in [0.15, 0.2) is 24.3 Å². The average molecular weight is 441 g/mol. The summed E-state index contributed by atoms with van der Waals surface area (Å²) < 4.78 is 1.90. The maximum Gasteiger partial charge on any atom is 0.273 e. The third-order valence-electron chi connectivity index (χ3n) is 6.21. The van der Waals surface area contributed by atoms with Gasteiger partial charge in [-0.3, -0.25) is 14.4 Å². The van der Waals surface area contributed by atoms with Crippen LogP contribution in [0.2, 0.25) is 0 Å². The number of aromatic nitrogens is 1. The molecule has 7 heteroatoms. The second-order valence-corrected chi connectivity index (χ2v) is 9.86. The second kappa shape index (κ2) is 9.35. The zero-order valence-electron chi connectivity index (χ0n) is 20.1. The molecule has 0 saturated carbocycles. The van der Waals surface area contributed by atoms with Gasteiger partial charge < -0.3 is 20.1 Å². The topological polar surface area (TPSA) is 83.4 Å². The molecule has 0 unspecified atom stereocenters. The highest BCUT2D eigenvalue weighted by Crippen LogP contribution is 2.38. The van der Waals surface area contributed by atoms with E-state index in [1.54, 1.807) is 4.90 Å². The highest BCUT2D eigenvalue weighted by Gasteiger charge is 2.48. The van der Waals surface area contributed by atoms with Gasteiger partial charge in [0, 0.05) is 25.4 Å². The van der Waals surface area contributed by atoms with Gasteiger partial charge in [-0.25, -0.2) is 0 Å². The van der Waals surface area contributed by atoms with Crippen molar-refractivity contribution in [3.8, 4) is 0 Å². The van der Waals surface area contributed by atoms with Gasteiger partial charge in [0.25, 0.3) is 5.91 Å². The number of amides is 3. The van der Waals surface area contributed by atoms with Crippen LogP contribution in [0.1, 0.15) is 64.9 Å². The molecule has 1 aliphatic rings. The Balaban J connectivity index is 2.10. The van der Waals surface area contributed by atoms with Crippen LogP contribution in [0.3, 0.4) is 0 Å². The van der Waals surface area contributed by atoms with E-state index in [4.69, 9.17) is 0 Å². The maximum absolute atomic E-state index is 13.9. The van der Waals surface area contributed by atoms with Crippen molar-refractivity contribution in [3.05, 3.63) is 30.0 Å². The van der Waals surface area contributed by atoms with Crippen molar-refractivity contribution in [2.75, 3.05) is 18.4 Å². The van der Waals surface area contributed by atoms with Crippen LogP contribution < -0.4 is 10.6 Å².